The topological polar surface area (TPSA) is 88.7 Å². The molecule has 1 aromatic heterocycles. The average Bonchev–Trinajstić information content (AvgIpc) is 3.31. The third kappa shape index (κ3) is 5.06. The van der Waals surface area contributed by atoms with E-state index in [0.717, 1.165) is 37.5 Å². The van der Waals surface area contributed by atoms with E-state index >= 15 is 0 Å². The normalized spacial score (nSPS) is 18.9. The number of piperidine rings is 2. The van der Waals surface area contributed by atoms with Crippen LogP contribution in [0.3, 0.4) is 0 Å². The van der Waals surface area contributed by atoms with Crippen molar-refractivity contribution in [3.8, 4) is 0 Å². The Morgan fingerprint density at radius 2 is 1.78 bits per heavy atom. The molecule has 2 amide bonds. The molecule has 1 atom stereocenters. The van der Waals surface area contributed by atoms with Gasteiger partial charge in [-0.2, -0.15) is 0 Å². The number of likely N-dealkylation sites (tertiary alicyclic amines) is 2. The van der Waals surface area contributed by atoms with Crippen LogP contribution in [0, 0.1) is 11.7 Å². The number of anilines is 1. The summed E-state index contributed by atoms with van der Waals surface area (Å²) >= 11 is 5.78. The fourth-order valence-electron chi connectivity index (χ4n) is 5.78. The van der Waals surface area contributed by atoms with E-state index < -0.39 is 17.8 Å². The number of nitrogens with zero attached hydrogens (tertiary/aromatic N) is 2. The lowest BCUT2D eigenvalue weighted by molar-refractivity contribution is -0.146. The van der Waals surface area contributed by atoms with Crippen molar-refractivity contribution < 1.29 is 19.1 Å². The minimum atomic E-state index is -0.799. The first-order valence-corrected chi connectivity index (χ1v) is 12.8. The summed E-state index contributed by atoms with van der Waals surface area (Å²) in [7, 11) is 0. The predicted molar refractivity (Wildman–Crippen MR) is 138 cm³/mol. The van der Waals surface area contributed by atoms with E-state index in [4.69, 9.17) is 11.6 Å². The highest BCUT2D eigenvalue weighted by molar-refractivity contribution is 6.30. The maximum atomic E-state index is 14.0. The fraction of sp³-hybridized carbons (Fsp3) is 0.407. The third-order valence-corrected chi connectivity index (χ3v) is 7.92. The fourth-order valence-corrected chi connectivity index (χ4v) is 5.94. The zero-order valence-corrected chi connectivity index (χ0v) is 20.7. The number of carbonyl (C=O) groups excluding carboxylic acids is 1. The number of carbonyl (C=O) groups is 2. The van der Waals surface area contributed by atoms with Crippen molar-refractivity contribution in [1.29, 1.82) is 0 Å². The predicted octanol–water partition coefficient (Wildman–Crippen LogP) is 5.54. The summed E-state index contributed by atoms with van der Waals surface area (Å²) in [5.74, 6) is -1.02. The SMILES string of the molecule is O=C(O)C(C1CCN(C(=O)Nc2ccc(Cl)cc2F)CC1)N1CCC(c2c[nH]c3ccccc23)CC1. The van der Waals surface area contributed by atoms with Gasteiger partial charge in [-0.3, -0.25) is 9.69 Å². The summed E-state index contributed by atoms with van der Waals surface area (Å²) in [6.07, 6.45) is 5.11. The molecule has 0 saturated carbocycles. The molecule has 3 N–H and O–H groups in total. The van der Waals surface area contributed by atoms with E-state index in [1.54, 1.807) is 4.90 Å². The Hall–Kier alpha value is -3.10. The first-order chi connectivity index (χ1) is 17.4. The number of benzene rings is 2. The molecule has 2 fully saturated rings. The number of hydrogen-bond donors (Lipinski definition) is 3. The Kier molecular flexibility index (Phi) is 7.16. The molecule has 0 aliphatic carbocycles. The number of aromatic nitrogens is 1. The van der Waals surface area contributed by atoms with Crippen LogP contribution in [-0.4, -0.2) is 64.1 Å². The number of para-hydroxylation sites is 1. The van der Waals surface area contributed by atoms with Crippen LogP contribution in [0.4, 0.5) is 14.9 Å². The molecule has 0 spiro atoms. The number of H-pyrrole nitrogens is 1. The number of aromatic amines is 1. The number of halogens is 2. The Bertz CT molecular complexity index is 1250. The van der Waals surface area contributed by atoms with Gasteiger partial charge in [-0.25, -0.2) is 9.18 Å². The molecular formula is C27H30ClFN4O3. The van der Waals surface area contributed by atoms with Crippen LogP contribution >= 0.6 is 11.6 Å². The lowest BCUT2D eigenvalue weighted by Gasteiger charge is -2.41. The average molecular weight is 513 g/mol. The van der Waals surface area contributed by atoms with E-state index in [1.807, 2.05) is 12.1 Å². The van der Waals surface area contributed by atoms with Gasteiger partial charge in [0, 0.05) is 35.2 Å². The molecule has 0 bridgehead atoms. The summed E-state index contributed by atoms with van der Waals surface area (Å²) < 4.78 is 14.0. The molecule has 2 aromatic carbocycles. The Morgan fingerprint density at radius 1 is 1.06 bits per heavy atom. The molecule has 5 rings (SSSR count). The molecule has 7 nitrogen and oxygen atoms in total. The van der Waals surface area contributed by atoms with Crippen LogP contribution in [0.5, 0.6) is 0 Å². The number of rotatable bonds is 5. The number of urea groups is 1. The lowest BCUT2D eigenvalue weighted by atomic mass is 9.84. The summed E-state index contributed by atoms with van der Waals surface area (Å²) in [4.78, 5) is 32.0. The molecule has 3 heterocycles. The Morgan fingerprint density at radius 3 is 2.47 bits per heavy atom. The van der Waals surface area contributed by atoms with E-state index in [9.17, 15) is 19.1 Å². The lowest BCUT2D eigenvalue weighted by Crippen LogP contribution is -2.52. The second-order valence-electron chi connectivity index (χ2n) is 9.76. The largest absolute Gasteiger partial charge is 0.480 e. The van der Waals surface area contributed by atoms with Crippen LogP contribution in [0.15, 0.2) is 48.7 Å². The second-order valence-corrected chi connectivity index (χ2v) is 10.2. The summed E-state index contributed by atoms with van der Waals surface area (Å²) in [5, 5.41) is 14.2. The molecule has 2 saturated heterocycles. The zero-order valence-electron chi connectivity index (χ0n) is 19.9. The standard InChI is InChI=1S/C27H30ClFN4O3/c28-19-5-6-24(22(29)15-19)31-27(36)33-13-9-18(10-14-33)25(26(34)35)32-11-7-17(8-12-32)21-16-30-23-4-2-1-3-20(21)23/h1-6,15-18,25,30H,7-14H2,(H,31,36)(H,34,35). The number of carboxylic acid groups (broad SMARTS) is 1. The number of amides is 2. The monoisotopic (exact) mass is 512 g/mol. The number of nitrogens with one attached hydrogen (secondary N) is 2. The minimum Gasteiger partial charge on any atom is -0.480 e. The molecule has 190 valence electrons. The van der Waals surface area contributed by atoms with Crippen LogP contribution in [-0.2, 0) is 4.79 Å². The quantitative estimate of drug-likeness (QED) is 0.419. The van der Waals surface area contributed by atoms with Gasteiger partial charge in [0.2, 0.25) is 0 Å². The van der Waals surface area contributed by atoms with Crippen molar-refractivity contribution in [3.05, 3.63) is 65.1 Å². The first kappa shape index (κ1) is 24.6. The van der Waals surface area contributed by atoms with Crippen molar-refractivity contribution in [3.63, 3.8) is 0 Å². The zero-order chi connectivity index (χ0) is 25.2. The summed E-state index contributed by atoms with van der Waals surface area (Å²) in [5.41, 5.74) is 2.52. The van der Waals surface area contributed by atoms with E-state index in [1.165, 1.54) is 23.1 Å². The second kappa shape index (κ2) is 10.5. The van der Waals surface area contributed by atoms with Gasteiger partial charge in [-0.15, -0.1) is 0 Å². The Balaban J connectivity index is 1.17. The van der Waals surface area contributed by atoms with Crippen LogP contribution < -0.4 is 5.32 Å². The van der Waals surface area contributed by atoms with Gasteiger partial charge < -0.3 is 20.3 Å². The van der Waals surface area contributed by atoms with Crippen molar-refractivity contribution in [2.75, 3.05) is 31.5 Å². The van der Waals surface area contributed by atoms with E-state index in [0.29, 0.717) is 31.8 Å². The number of aliphatic carboxylic acids is 1. The first-order valence-electron chi connectivity index (χ1n) is 12.4. The van der Waals surface area contributed by atoms with Gasteiger partial charge in [0.05, 0.1) is 5.69 Å². The molecule has 3 aromatic rings. The van der Waals surface area contributed by atoms with Gasteiger partial charge >= 0.3 is 12.0 Å². The number of hydrogen-bond acceptors (Lipinski definition) is 3. The minimum absolute atomic E-state index is 0.0385. The van der Waals surface area contributed by atoms with Crippen molar-refractivity contribution in [1.82, 2.24) is 14.8 Å². The molecule has 9 heteroatoms. The molecule has 0 radical (unpaired) electrons. The van der Waals surface area contributed by atoms with Gasteiger partial charge in [0.25, 0.3) is 0 Å². The maximum absolute atomic E-state index is 14.0. The van der Waals surface area contributed by atoms with Crippen LogP contribution in [0.1, 0.15) is 37.2 Å². The summed E-state index contributed by atoms with van der Waals surface area (Å²) in [6.45, 7) is 2.33. The number of carboxylic acids is 1. The molecular weight excluding hydrogens is 483 g/mol. The number of fused-ring (bicyclic) bond motifs is 1. The Labute approximate surface area is 214 Å². The van der Waals surface area contributed by atoms with Crippen molar-refractivity contribution >= 4 is 40.2 Å². The molecule has 2 aliphatic heterocycles. The van der Waals surface area contributed by atoms with E-state index in [-0.39, 0.29) is 22.7 Å². The van der Waals surface area contributed by atoms with Crippen LogP contribution in [0.2, 0.25) is 5.02 Å². The molecule has 1 unspecified atom stereocenters. The van der Waals surface area contributed by atoms with Gasteiger partial charge in [-0.1, -0.05) is 29.8 Å². The molecule has 2 aliphatic rings. The van der Waals surface area contributed by atoms with Crippen molar-refractivity contribution in [2.45, 2.75) is 37.6 Å². The maximum Gasteiger partial charge on any atom is 0.321 e. The van der Waals surface area contributed by atoms with Crippen molar-refractivity contribution in [2.24, 2.45) is 5.92 Å². The smallest absolute Gasteiger partial charge is 0.321 e. The highest BCUT2D eigenvalue weighted by Gasteiger charge is 2.38. The van der Waals surface area contributed by atoms with E-state index in [2.05, 4.69) is 33.5 Å². The van der Waals surface area contributed by atoms with Gasteiger partial charge in [-0.05, 0) is 80.4 Å². The van der Waals surface area contributed by atoms with Gasteiger partial charge in [0.15, 0.2) is 0 Å². The highest BCUT2D eigenvalue weighted by atomic mass is 35.5. The van der Waals surface area contributed by atoms with Gasteiger partial charge in [0.1, 0.15) is 11.9 Å². The highest BCUT2D eigenvalue weighted by Crippen LogP contribution is 2.35. The third-order valence-electron chi connectivity index (χ3n) is 7.68. The summed E-state index contributed by atoms with van der Waals surface area (Å²) in [6, 6.07) is 11.4. The van der Waals surface area contributed by atoms with Crippen LogP contribution in [0.25, 0.3) is 10.9 Å². The molecule has 36 heavy (non-hydrogen) atoms.